The van der Waals surface area contributed by atoms with E-state index in [2.05, 4.69) is 10.6 Å². The van der Waals surface area contributed by atoms with Crippen LogP contribution in [0.25, 0.3) is 0 Å². The normalized spacial score (nSPS) is 31.8. The summed E-state index contributed by atoms with van der Waals surface area (Å²) in [6.45, 7) is 5.29. The summed E-state index contributed by atoms with van der Waals surface area (Å²) in [6, 6.07) is 0.269. The van der Waals surface area contributed by atoms with Crippen LogP contribution in [0.2, 0.25) is 0 Å². The van der Waals surface area contributed by atoms with Crippen LogP contribution in [0.1, 0.15) is 33.6 Å². The molecule has 2 amide bonds. The van der Waals surface area contributed by atoms with E-state index in [9.17, 15) is 9.59 Å². The molecule has 1 aliphatic carbocycles. The van der Waals surface area contributed by atoms with Gasteiger partial charge in [0.05, 0.1) is 6.04 Å². The molecular weight excluding hydrogens is 208 g/mol. The van der Waals surface area contributed by atoms with E-state index in [4.69, 9.17) is 4.74 Å². The monoisotopic (exact) mass is 226 g/mol. The molecule has 0 spiro atoms. The van der Waals surface area contributed by atoms with Crippen molar-refractivity contribution in [3.05, 3.63) is 0 Å². The number of imide groups is 1. The van der Waals surface area contributed by atoms with Crippen molar-refractivity contribution in [3.63, 3.8) is 0 Å². The quantitative estimate of drug-likeness (QED) is 0.693. The van der Waals surface area contributed by atoms with E-state index in [1.54, 1.807) is 20.8 Å². The number of ether oxygens (including phenoxy) is 1. The fourth-order valence-corrected chi connectivity index (χ4v) is 2.02. The summed E-state index contributed by atoms with van der Waals surface area (Å²) in [5.74, 6) is 0.357. The van der Waals surface area contributed by atoms with E-state index < -0.39 is 11.7 Å². The highest BCUT2D eigenvalue weighted by atomic mass is 16.6. The molecule has 1 saturated heterocycles. The average Bonchev–Trinajstić information content (AvgIpc) is 2.70. The van der Waals surface area contributed by atoms with Crippen molar-refractivity contribution in [1.82, 2.24) is 10.6 Å². The van der Waals surface area contributed by atoms with Crippen LogP contribution in [0, 0.1) is 5.92 Å². The Morgan fingerprint density at radius 3 is 2.50 bits per heavy atom. The molecular formula is C11H18N2O3. The van der Waals surface area contributed by atoms with E-state index in [1.165, 1.54) is 0 Å². The molecule has 2 rings (SSSR count). The lowest BCUT2D eigenvalue weighted by Crippen LogP contribution is -2.46. The van der Waals surface area contributed by atoms with Gasteiger partial charge in [0.25, 0.3) is 0 Å². The van der Waals surface area contributed by atoms with Crippen molar-refractivity contribution < 1.29 is 14.3 Å². The molecule has 1 saturated carbocycles. The molecule has 90 valence electrons. The van der Waals surface area contributed by atoms with Gasteiger partial charge in [-0.05, 0) is 39.5 Å². The first kappa shape index (κ1) is 11.4. The molecule has 0 aromatic heterocycles. The molecule has 5 nitrogen and oxygen atoms in total. The van der Waals surface area contributed by atoms with Gasteiger partial charge in [-0.25, -0.2) is 4.79 Å². The van der Waals surface area contributed by atoms with Crippen molar-refractivity contribution in [2.24, 2.45) is 5.92 Å². The molecule has 1 heterocycles. The third-order valence-electron chi connectivity index (χ3n) is 2.82. The number of fused-ring (bicyclic) bond motifs is 1. The van der Waals surface area contributed by atoms with Crippen LogP contribution < -0.4 is 10.6 Å². The van der Waals surface area contributed by atoms with Crippen LogP contribution in [-0.4, -0.2) is 29.7 Å². The fourth-order valence-electron chi connectivity index (χ4n) is 2.02. The summed E-state index contributed by atoms with van der Waals surface area (Å²) in [5, 5.41) is 5.43. The minimum Gasteiger partial charge on any atom is -0.444 e. The maximum atomic E-state index is 11.6. The van der Waals surface area contributed by atoms with E-state index in [1.807, 2.05) is 0 Å². The third-order valence-corrected chi connectivity index (χ3v) is 2.82. The lowest BCUT2D eigenvalue weighted by atomic mass is 10.2. The van der Waals surface area contributed by atoms with Crippen molar-refractivity contribution in [1.29, 1.82) is 0 Å². The average molecular weight is 226 g/mol. The summed E-state index contributed by atoms with van der Waals surface area (Å²) >= 11 is 0. The SMILES string of the molecule is CC(C)(C)OC(=O)NC(=O)[C@@H]1CC2CC2N1. The van der Waals surface area contributed by atoms with E-state index in [-0.39, 0.29) is 11.9 Å². The van der Waals surface area contributed by atoms with Crippen LogP contribution in [0.3, 0.4) is 0 Å². The van der Waals surface area contributed by atoms with Crippen LogP contribution in [0.15, 0.2) is 0 Å². The predicted molar refractivity (Wildman–Crippen MR) is 57.8 cm³/mol. The number of nitrogens with one attached hydrogen (secondary N) is 2. The molecule has 2 fully saturated rings. The van der Waals surface area contributed by atoms with Gasteiger partial charge in [-0.1, -0.05) is 0 Å². The lowest BCUT2D eigenvalue weighted by Gasteiger charge is -2.20. The molecule has 0 aromatic rings. The van der Waals surface area contributed by atoms with E-state index >= 15 is 0 Å². The Balaban J connectivity index is 1.76. The Bertz CT molecular complexity index is 312. The van der Waals surface area contributed by atoms with E-state index in [0.29, 0.717) is 12.0 Å². The van der Waals surface area contributed by atoms with Gasteiger partial charge in [0.2, 0.25) is 5.91 Å². The smallest absolute Gasteiger partial charge is 0.414 e. The largest absolute Gasteiger partial charge is 0.444 e. The van der Waals surface area contributed by atoms with Crippen LogP contribution in [0.4, 0.5) is 4.79 Å². The first-order valence-corrected chi connectivity index (χ1v) is 5.65. The number of hydrogen-bond donors (Lipinski definition) is 2. The van der Waals surface area contributed by atoms with Crippen molar-refractivity contribution in [2.75, 3.05) is 0 Å². The molecule has 16 heavy (non-hydrogen) atoms. The van der Waals surface area contributed by atoms with Crippen molar-refractivity contribution in [2.45, 2.75) is 51.3 Å². The Morgan fingerprint density at radius 2 is 2.00 bits per heavy atom. The molecule has 3 atom stereocenters. The highest BCUT2D eigenvalue weighted by Gasteiger charge is 2.48. The van der Waals surface area contributed by atoms with Gasteiger partial charge in [0.15, 0.2) is 0 Å². The van der Waals surface area contributed by atoms with Gasteiger partial charge in [0.1, 0.15) is 5.60 Å². The Labute approximate surface area is 94.9 Å². The second-order valence-corrected chi connectivity index (χ2v) is 5.55. The summed E-state index contributed by atoms with van der Waals surface area (Å²) in [6.07, 6.45) is 1.33. The molecule has 0 bridgehead atoms. The minimum absolute atomic E-state index is 0.226. The number of carbonyl (C=O) groups is 2. The Hall–Kier alpha value is -1.10. The Morgan fingerprint density at radius 1 is 1.31 bits per heavy atom. The maximum absolute atomic E-state index is 11.6. The maximum Gasteiger partial charge on any atom is 0.414 e. The zero-order chi connectivity index (χ0) is 11.9. The minimum atomic E-state index is -0.667. The highest BCUT2D eigenvalue weighted by Crippen LogP contribution is 2.40. The summed E-state index contributed by atoms with van der Waals surface area (Å²) in [5.41, 5.74) is -0.574. The zero-order valence-corrected chi connectivity index (χ0v) is 9.87. The third kappa shape index (κ3) is 2.72. The topological polar surface area (TPSA) is 67.4 Å². The summed E-state index contributed by atoms with van der Waals surface area (Å²) < 4.78 is 5.01. The van der Waals surface area contributed by atoms with Gasteiger partial charge >= 0.3 is 6.09 Å². The van der Waals surface area contributed by atoms with E-state index in [0.717, 1.165) is 12.8 Å². The van der Waals surface area contributed by atoms with Gasteiger partial charge in [-0.2, -0.15) is 0 Å². The van der Waals surface area contributed by atoms with Gasteiger partial charge < -0.3 is 10.1 Å². The standard InChI is InChI=1S/C11H18N2O3/c1-11(2,3)16-10(15)13-9(14)8-5-6-4-7(6)12-8/h6-8,12H,4-5H2,1-3H3,(H,13,14,15)/t6?,7?,8-/m0/s1. The summed E-state index contributed by atoms with van der Waals surface area (Å²) in [4.78, 5) is 23.0. The number of rotatable bonds is 1. The first-order chi connectivity index (χ1) is 7.35. The first-order valence-electron chi connectivity index (χ1n) is 5.65. The van der Waals surface area contributed by atoms with Gasteiger partial charge in [0, 0.05) is 6.04 Å². The van der Waals surface area contributed by atoms with Crippen LogP contribution >= 0.6 is 0 Å². The number of alkyl carbamates (subject to hydrolysis) is 1. The van der Waals surface area contributed by atoms with Crippen LogP contribution in [-0.2, 0) is 9.53 Å². The number of piperidine rings is 1. The Kier molecular flexibility index (Phi) is 2.66. The fraction of sp³-hybridized carbons (Fsp3) is 0.818. The second kappa shape index (κ2) is 3.73. The van der Waals surface area contributed by atoms with Gasteiger partial charge in [-0.15, -0.1) is 0 Å². The molecule has 2 unspecified atom stereocenters. The van der Waals surface area contributed by atoms with Crippen LogP contribution in [0.5, 0.6) is 0 Å². The number of carbonyl (C=O) groups excluding carboxylic acids is 2. The molecule has 1 aliphatic heterocycles. The molecule has 0 radical (unpaired) electrons. The lowest BCUT2D eigenvalue weighted by molar-refractivity contribution is -0.122. The number of amides is 2. The van der Waals surface area contributed by atoms with Crippen molar-refractivity contribution >= 4 is 12.0 Å². The predicted octanol–water partition coefficient (Wildman–Crippen LogP) is 0.788. The second-order valence-electron chi connectivity index (χ2n) is 5.55. The molecule has 5 heteroatoms. The van der Waals surface area contributed by atoms with Crippen molar-refractivity contribution in [3.8, 4) is 0 Å². The molecule has 2 N–H and O–H groups in total. The summed E-state index contributed by atoms with van der Waals surface area (Å²) in [7, 11) is 0. The van der Waals surface area contributed by atoms with Gasteiger partial charge in [-0.3, -0.25) is 10.1 Å². The number of hydrogen-bond acceptors (Lipinski definition) is 4. The molecule has 2 aliphatic rings. The highest BCUT2D eigenvalue weighted by molar-refractivity contribution is 5.95. The zero-order valence-electron chi connectivity index (χ0n) is 9.87. The molecule has 0 aromatic carbocycles.